The molecule has 0 spiro atoms. The van der Waals surface area contributed by atoms with Gasteiger partial charge in [-0.05, 0) is 25.5 Å². The van der Waals surface area contributed by atoms with Crippen molar-refractivity contribution >= 4 is 28.6 Å². The molecule has 1 saturated heterocycles. The molecule has 1 fully saturated rings. The van der Waals surface area contributed by atoms with Gasteiger partial charge in [0.25, 0.3) is 0 Å². The van der Waals surface area contributed by atoms with Gasteiger partial charge in [0.05, 0.1) is 18.8 Å². The smallest absolute Gasteiger partial charge is 0.184 e. The summed E-state index contributed by atoms with van der Waals surface area (Å²) >= 11 is 6.36. The average Bonchev–Trinajstić information content (AvgIpc) is 3.04. The van der Waals surface area contributed by atoms with E-state index in [0.29, 0.717) is 17.1 Å². The van der Waals surface area contributed by atoms with Crippen molar-refractivity contribution in [2.75, 3.05) is 18.0 Å². The summed E-state index contributed by atoms with van der Waals surface area (Å²) in [6.07, 6.45) is 0.250. The van der Waals surface area contributed by atoms with Gasteiger partial charge in [0, 0.05) is 23.5 Å². The third kappa shape index (κ3) is 4.07. The second-order valence-corrected chi connectivity index (χ2v) is 9.20. The van der Waals surface area contributed by atoms with Crippen LogP contribution in [0.5, 0.6) is 0 Å². The van der Waals surface area contributed by atoms with Gasteiger partial charge >= 0.3 is 0 Å². The minimum Gasteiger partial charge on any atom is -0.372 e. The van der Waals surface area contributed by atoms with Crippen LogP contribution in [-0.4, -0.2) is 50.3 Å². The van der Waals surface area contributed by atoms with Crippen LogP contribution in [0, 0.1) is 0 Å². The van der Waals surface area contributed by atoms with E-state index in [1.807, 2.05) is 28.9 Å². The molecule has 7 nitrogen and oxygen atoms in total. The lowest BCUT2D eigenvalue weighted by Crippen LogP contribution is -2.46. The third-order valence-electron chi connectivity index (χ3n) is 5.01. The van der Waals surface area contributed by atoms with Crippen molar-refractivity contribution in [3.63, 3.8) is 0 Å². The molecule has 1 aliphatic rings. The molecule has 2 aromatic heterocycles. The summed E-state index contributed by atoms with van der Waals surface area (Å²) in [5.41, 5.74) is 2.22. The predicted molar refractivity (Wildman–Crippen MR) is 115 cm³/mol. The quantitative estimate of drug-likeness (QED) is 0.648. The first-order chi connectivity index (χ1) is 13.7. The van der Waals surface area contributed by atoms with E-state index in [4.69, 9.17) is 26.3 Å². The summed E-state index contributed by atoms with van der Waals surface area (Å²) < 4.78 is 7.71. The number of rotatable bonds is 3. The van der Waals surface area contributed by atoms with Gasteiger partial charge in [-0.25, -0.2) is 14.6 Å². The Balaban J connectivity index is 1.83. The summed E-state index contributed by atoms with van der Waals surface area (Å²) in [7, 11) is 0. The fraction of sp³-hybridized carbons (Fsp3) is 0.524. The molecule has 0 amide bonds. The SMILES string of the molecule is C[C@@H]1CN(c2nc(C(C)(C)C)nc3c2nnn3Cc2ccccc2Cl)C[C@H](C)O1. The fourth-order valence-electron chi connectivity index (χ4n) is 3.64. The van der Waals surface area contributed by atoms with E-state index in [0.717, 1.165) is 35.9 Å². The van der Waals surface area contributed by atoms with Gasteiger partial charge in [-0.3, -0.25) is 0 Å². The highest BCUT2D eigenvalue weighted by atomic mass is 35.5. The first kappa shape index (κ1) is 20.0. The van der Waals surface area contributed by atoms with E-state index < -0.39 is 0 Å². The van der Waals surface area contributed by atoms with Gasteiger partial charge in [-0.2, -0.15) is 0 Å². The molecule has 0 bridgehead atoms. The molecule has 0 radical (unpaired) electrons. The Morgan fingerprint density at radius 1 is 1.10 bits per heavy atom. The van der Waals surface area contributed by atoms with Crippen molar-refractivity contribution in [2.45, 2.75) is 58.8 Å². The summed E-state index contributed by atoms with van der Waals surface area (Å²) in [4.78, 5) is 12.0. The van der Waals surface area contributed by atoms with Gasteiger partial charge in [0.1, 0.15) is 5.82 Å². The third-order valence-corrected chi connectivity index (χ3v) is 5.38. The second kappa shape index (κ2) is 7.54. The van der Waals surface area contributed by atoms with E-state index in [-0.39, 0.29) is 17.6 Å². The maximum Gasteiger partial charge on any atom is 0.184 e. The van der Waals surface area contributed by atoms with Crippen molar-refractivity contribution in [2.24, 2.45) is 0 Å². The molecule has 3 heterocycles. The standard InChI is InChI=1S/C21H27ClN6O/c1-13-10-27(11-14(2)29-13)18-17-19(24-20(23-18)21(3,4)5)28(26-25-17)12-15-8-6-7-9-16(15)22/h6-9,13-14H,10-12H2,1-5H3/t13-,14+. The molecule has 0 aliphatic carbocycles. The number of anilines is 1. The summed E-state index contributed by atoms with van der Waals surface area (Å²) in [6.45, 7) is 12.5. The molecule has 29 heavy (non-hydrogen) atoms. The highest BCUT2D eigenvalue weighted by molar-refractivity contribution is 6.31. The van der Waals surface area contributed by atoms with E-state index in [1.165, 1.54) is 0 Å². The minimum absolute atomic E-state index is 0.125. The number of aromatic nitrogens is 5. The first-order valence-electron chi connectivity index (χ1n) is 9.98. The van der Waals surface area contributed by atoms with Crippen molar-refractivity contribution < 1.29 is 4.74 Å². The van der Waals surface area contributed by atoms with E-state index in [1.54, 1.807) is 0 Å². The zero-order valence-electron chi connectivity index (χ0n) is 17.6. The lowest BCUT2D eigenvalue weighted by atomic mass is 9.95. The Morgan fingerprint density at radius 2 is 1.79 bits per heavy atom. The van der Waals surface area contributed by atoms with Crippen molar-refractivity contribution in [3.05, 3.63) is 40.7 Å². The molecular weight excluding hydrogens is 388 g/mol. The van der Waals surface area contributed by atoms with Crippen molar-refractivity contribution in [1.82, 2.24) is 25.0 Å². The zero-order chi connectivity index (χ0) is 20.8. The maximum absolute atomic E-state index is 6.36. The number of hydrogen-bond acceptors (Lipinski definition) is 6. The zero-order valence-corrected chi connectivity index (χ0v) is 18.3. The molecule has 154 valence electrons. The number of morpholine rings is 1. The van der Waals surface area contributed by atoms with Crippen LogP contribution >= 0.6 is 11.6 Å². The Morgan fingerprint density at radius 3 is 2.45 bits per heavy atom. The monoisotopic (exact) mass is 414 g/mol. The number of fused-ring (bicyclic) bond motifs is 1. The average molecular weight is 415 g/mol. The molecular formula is C21H27ClN6O. The lowest BCUT2D eigenvalue weighted by Gasteiger charge is -2.36. The van der Waals surface area contributed by atoms with Gasteiger partial charge in [0.2, 0.25) is 0 Å². The Hall–Kier alpha value is -2.25. The molecule has 3 aromatic rings. The van der Waals surface area contributed by atoms with Crippen LogP contribution in [0.15, 0.2) is 24.3 Å². The minimum atomic E-state index is -0.202. The molecule has 4 rings (SSSR count). The summed E-state index contributed by atoms with van der Waals surface area (Å²) in [6, 6.07) is 7.77. The fourth-order valence-corrected chi connectivity index (χ4v) is 3.84. The van der Waals surface area contributed by atoms with Crippen molar-refractivity contribution in [1.29, 1.82) is 0 Å². The van der Waals surface area contributed by atoms with E-state index >= 15 is 0 Å². The molecule has 1 aromatic carbocycles. The maximum atomic E-state index is 6.36. The van der Waals surface area contributed by atoms with Gasteiger partial charge in [-0.1, -0.05) is 55.8 Å². The van der Waals surface area contributed by atoms with Crippen LogP contribution in [-0.2, 0) is 16.7 Å². The Bertz CT molecular complexity index is 1020. The highest BCUT2D eigenvalue weighted by Crippen LogP contribution is 2.29. The molecule has 2 atom stereocenters. The number of ether oxygens (including phenoxy) is 1. The molecule has 8 heteroatoms. The Kier molecular flexibility index (Phi) is 5.21. The van der Waals surface area contributed by atoms with Gasteiger partial charge in [0.15, 0.2) is 17.0 Å². The van der Waals surface area contributed by atoms with Crippen LogP contribution in [0.1, 0.15) is 46.0 Å². The van der Waals surface area contributed by atoms with E-state index in [2.05, 4.69) is 49.8 Å². The van der Waals surface area contributed by atoms with Crippen LogP contribution in [0.4, 0.5) is 5.82 Å². The molecule has 0 N–H and O–H groups in total. The van der Waals surface area contributed by atoms with E-state index in [9.17, 15) is 0 Å². The summed E-state index contributed by atoms with van der Waals surface area (Å²) in [5.74, 6) is 1.60. The number of hydrogen-bond donors (Lipinski definition) is 0. The highest BCUT2D eigenvalue weighted by Gasteiger charge is 2.29. The first-order valence-corrected chi connectivity index (χ1v) is 10.4. The Labute approximate surface area is 176 Å². The number of benzene rings is 1. The van der Waals surface area contributed by atoms with Crippen LogP contribution in [0.3, 0.4) is 0 Å². The van der Waals surface area contributed by atoms with Crippen LogP contribution < -0.4 is 4.90 Å². The molecule has 0 unspecified atom stereocenters. The molecule has 0 saturated carbocycles. The largest absolute Gasteiger partial charge is 0.372 e. The topological polar surface area (TPSA) is 69.0 Å². The second-order valence-electron chi connectivity index (χ2n) is 8.79. The lowest BCUT2D eigenvalue weighted by molar-refractivity contribution is -0.00540. The van der Waals surface area contributed by atoms with Crippen LogP contribution in [0.25, 0.3) is 11.2 Å². The number of nitrogens with zero attached hydrogens (tertiary/aromatic N) is 6. The van der Waals surface area contributed by atoms with Gasteiger partial charge < -0.3 is 9.64 Å². The number of halogens is 1. The molecule has 1 aliphatic heterocycles. The van der Waals surface area contributed by atoms with Crippen LogP contribution in [0.2, 0.25) is 5.02 Å². The van der Waals surface area contributed by atoms with Gasteiger partial charge in [-0.15, -0.1) is 5.10 Å². The normalized spacial score (nSPS) is 20.4. The van der Waals surface area contributed by atoms with Crippen molar-refractivity contribution in [3.8, 4) is 0 Å². The summed E-state index contributed by atoms with van der Waals surface area (Å²) in [5, 5.41) is 9.56. The predicted octanol–water partition coefficient (Wildman–Crippen LogP) is 3.83.